The predicted octanol–water partition coefficient (Wildman–Crippen LogP) is -0.268. The van der Waals surface area contributed by atoms with Crippen LogP contribution in [0.5, 0.6) is 0 Å². The molecule has 72 valence electrons. The van der Waals surface area contributed by atoms with Crippen LogP contribution in [0.4, 0.5) is 0 Å². The van der Waals surface area contributed by atoms with Gasteiger partial charge in [-0.25, -0.2) is 0 Å². The van der Waals surface area contributed by atoms with Gasteiger partial charge in [0.05, 0.1) is 0 Å². The summed E-state index contributed by atoms with van der Waals surface area (Å²) in [6.07, 6.45) is 1.28. The summed E-state index contributed by atoms with van der Waals surface area (Å²) in [5, 5.41) is 3.40. The van der Waals surface area contributed by atoms with Crippen LogP contribution in [0.3, 0.4) is 0 Å². The van der Waals surface area contributed by atoms with E-state index in [0.29, 0.717) is 5.92 Å². The molecule has 1 aliphatic heterocycles. The summed E-state index contributed by atoms with van der Waals surface area (Å²) in [7, 11) is 4.25. The van der Waals surface area contributed by atoms with Crippen molar-refractivity contribution in [3.05, 3.63) is 0 Å². The summed E-state index contributed by atoms with van der Waals surface area (Å²) in [5.41, 5.74) is 5.68. The maximum Gasteiger partial charge on any atom is -0.000519 e. The molecule has 0 aliphatic carbocycles. The van der Waals surface area contributed by atoms with Crippen molar-refractivity contribution in [2.45, 2.75) is 6.42 Å². The van der Waals surface area contributed by atoms with E-state index in [1.807, 2.05) is 0 Å². The van der Waals surface area contributed by atoms with Crippen LogP contribution in [0.15, 0.2) is 0 Å². The fourth-order valence-electron chi connectivity index (χ4n) is 1.83. The zero-order valence-electron chi connectivity index (χ0n) is 8.21. The molecule has 1 fully saturated rings. The molecule has 0 spiro atoms. The lowest BCUT2D eigenvalue weighted by atomic mass is 9.93. The van der Waals surface area contributed by atoms with E-state index in [4.69, 9.17) is 5.73 Å². The first-order valence-electron chi connectivity index (χ1n) is 4.79. The first-order chi connectivity index (χ1) is 5.74. The van der Waals surface area contributed by atoms with Crippen molar-refractivity contribution in [2.24, 2.45) is 17.6 Å². The van der Waals surface area contributed by atoms with Gasteiger partial charge >= 0.3 is 0 Å². The molecule has 12 heavy (non-hydrogen) atoms. The fourth-order valence-corrected chi connectivity index (χ4v) is 1.83. The lowest BCUT2D eigenvalue weighted by Gasteiger charge is -2.18. The van der Waals surface area contributed by atoms with E-state index in [-0.39, 0.29) is 0 Å². The molecule has 3 nitrogen and oxygen atoms in total. The molecule has 2 atom stereocenters. The molecule has 1 saturated heterocycles. The Morgan fingerprint density at radius 2 is 2.00 bits per heavy atom. The lowest BCUT2D eigenvalue weighted by Crippen LogP contribution is -2.25. The monoisotopic (exact) mass is 171 g/mol. The lowest BCUT2D eigenvalue weighted by molar-refractivity contribution is 0.322. The quantitative estimate of drug-likeness (QED) is 0.612. The Morgan fingerprint density at radius 1 is 1.33 bits per heavy atom. The third kappa shape index (κ3) is 2.73. The third-order valence-corrected chi connectivity index (χ3v) is 2.73. The van der Waals surface area contributed by atoms with Gasteiger partial charge in [0, 0.05) is 0 Å². The van der Waals surface area contributed by atoms with Gasteiger partial charge in [-0.1, -0.05) is 0 Å². The molecule has 1 aliphatic rings. The number of hydrogen-bond donors (Lipinski definition) is 2. The molecule has 0 aromatic heterocycles. The zero-order valence-corrected chi connectivity index (χ0v) is 8.21. The molecule has 3 heteroatoms. The highest BCUT2D eigenvalue weighted by Crippen LogP contribution is 2.18. The summed E-state index contributed by atoms with van der Waals surface area (Å²) in [5.74, 6) is 1.52. The summed E-state index contributed by atoms with van der Waals surface area (Å²) in [6.45, 7) is 4.30. The predicted molar refractivity (Wildman–Crippen MR) is 52.1 cm³/mol. The summed E-state index contributed by atoms with van der Waals surface area (Å²) >= 11 is 0. The zero-order chi connectivity index (χ0) is 8.97. The molecule has 0 saturated carbocycles. The first-order valence-corrected chi connectivity index (χ1v) is 4.79. The van der Waals surface area contributed by atoms with E-state index < -0.39 is 0 Å². The minimum atomic E-state index is 0.713. The van der Waals surface area contributed by atoms with Gasteiger partial charge < -0.3 is 16.0 Å². The van der Waals surface area contributed by atoms with Crippen LogP contribution >= 0.6 is 0 Å². The maximum absolute atomic E-state index is 5.68. The van der Waals surface area contributed by atoms with Crippen molar-refractivity contribution in [1.82, 2.24) is 10.2 Å². The van der Waals surface area contributed by atoms with E-state index in [1.54, 1.807) is 0 Å². The van der Waals surface area contributed by atoms with Crippen LogP contribution in [0.2, 0.25) is 0 Å². The highest BCUT2D eigenvalue weighted by molar-refractivity contribution is 4.81. The average Bonchev–Trinajstić information content (AvgIpc) is 2.47. The number of hydrogen-bond acceptors (Lipinski definition) is 3. The van der Waals surface area contributed by atoms with Crippen molar-refractivity contribution in [1.29, 1.82) is 0 Å². The number of nitrogens with zero attached hydrogens (tertiary/aromatic N) is 1. The first kappa shape index (κ1) is 9.96. The molecule has 1 rings (SSSR count). The van der Waals surface area contributed by atoms with Gasteiger partial charge in [-0.3, -0.25) is 0 Å². The van der Waals surface area contributed by atoms with E-state index in [9.17, 15) is 0 Å². The normalized spacial score (nSPS) is 30.0. The van der Waals surface area contributed by atoms with Crippen molar-refractivity contribution < 1.29 is 0 Å². The smallest absolute Gasteiger partial charge is 0.000519 e. The molecule has 1 heterocycles. The fraction of sp³-hybridized carbons (Fsp3) is 1.00. The van der Waals surface area contributed by atoms with Crippen molar-refractivity contribution >= 4 is 0 Å². The topological polar surface area (TPSA) is 41.3 Å². The maximum atomic E-state index is 5.68. The SMILES string of the molecule is CN(C)CCC1CNCC1CN. The molecule has 2 unspecified atom stereocenters. The van der Waals surface area contributed by atoms with Gasteiger partial charge in [-0.05, 0) is 58.5 Å². The van der Waals surface area contributed by atoms with Crippen LogP contribution in [-0.4, -0.2) is 45.2 Å². The Kier molecular flexibility index (Phi) is 3.98. The Hall–Kier alpha value is -0.120. The van der Waals surface area contributed by atoms with Crippen LogP contribution in [0.25, 0.3) is 0 Å². The van der Waals surface area contributed by atoms with Crippen LogP contribution in [-0.2, 0) is 0 Å². The average molecular weight is 171 g/mol. The standard InChI is InChI=1S/C9H21N3/c1-12(2)4-3-8-6-11-7-9(8)5-10/h8-9,11H,3-7,10H2,1-2H3. The Morgan fingerprint density at radius 3 is 2.58 bits per heavy atom. The molecule has 0 amide bonds. The molecule has 0 aromatic carbocycles. The minimum Gasteiger partial charge on any atom is -0.330 e. The molecule has 0 aromatic rings. The molecular formula is C9H21N3. The molecule has 0 radical (unpaired) electrons. The van der Waals surface area contributed by atoms with Gasteiger partial charge in [-0.2, -0.15) is 0 Å². The van der Waals surface area contributed by atoms with E-state index in [1.165, 1.54) is 13.0 Å². The van der Waals surface area contributed by atoms with Crippen LogP contribution < -0.4 is 11.1 Å². The van der Waals surface area contributed by atoms with Gasteiger partial charge in [0.1, 0.15) is 0 Å². The Balaban J connectivity index is 2.21. The van der Waals surface area contributed by atoms with Gasteiger partial charge in [0.25, 0.3) is 0 Å². The third-order valence-electron chi connectivity index (χ3n) is 2.73. The number of nitrogens with two attached hydrogens (primary N) is 1. The highest BCUT2D eigenvalue weighted by Gasteiger charge is 2.24. The van der Waals surface area contributed by atoms with Crippen molar-refractivity contribution in [2.75, 3.05) is 40.3 Å². The summed E-state index contributed by atoms with van der Waals surface area (Å²) in [4.78, 5) is 2.24. The summed E-state index contributed by atoms with van der Waals surface area (Å²) < 4.78 is 0. The Labute approximate surface area is 75.3 Å². The van der Waals surface area contributed by atoms with Gasteiger partial charge in [0.15, 0.2) is 0 Å². The highest BCUT2D eigenvalue weighted by atomic mass is 15.1. The van der Waals surface area contributed by atoms with Crippen molar-refractivity contribution in [3.63, 3.8) is 0 Å². The largest absolute Gasteiger partial charge is 0.330 e. The van der Waals surface area contributed by atoms with E-state index >= 15 is 0 Å². The van der Waals surface area contributed by atoms with Gasteiger partial charge in [0.2, 0.25) is 0 Å². The van der Waals surface area contributed by atoms with Crippen LogP contribution in [0, 0.1) is 11.8 Å². The van der Waals surface area contributed by atoms with E-state index in [2.05, 4.69) is 24.3 Å². The van der Waals surface area contributed by atoms with Crippen molar-refractivity contribution in [3.8, 4) is 0 Å². The molecule has 3 N–H and O–H groups in total. The van der Waals surface area contributed by atoms with Gasteiger partial charge in [-0.15, -0.1) is 0 Å². The minimum absolute atomic E-state index is 0.713. The second-order valence-electron chi connectivity index (χ2n) is 4.01. The Bertz CT molecular complexity index is 125. The second kappa shape index (κ2) is 4.80. The second-order valence-corrected chi connectivity index (χ2v) is 4.01. The summed E-state index contributed by atoms with van der Waals surface area (Å²) in [6, 6.07) is 0. The molecular weight excluding hydrogens is 150 g/mol. The number of rotatable bonds is 4. The van der Waals surface area contributed by atoms with Crippen LogP contribution in [0.1, 0.15) is 6.42 Å². The number of nitrogens with one attached hydrogen (secondary N) is 1. The molecule has 0 bridgehead atoms. The van der Waals surface area contributed by atoms with E-state index in [0.717, 1.165) is 25.6 Å².